The average molecular weight is 291 g/mol. The lowest BCUT2D eigenvalue weighted by Gasteiger charge is -2.39. The molecule has 21 heavy (non-hydrogen) atoms. The molecular formula is C16H21NO4. The van der Waals surface area contributed by atoms with E-state index in [0.29, 0.717) is 13.0 Å². The van der Waals surface area contributed by atoms with Crippen LogP contribution in [0.3, 0.4) is 0 Å². The number of carbonyl (C=O) groups excluding carboxylic acids is 1. The van der Waals surface area contributed by atoms with Gasteiger partial charge < -0.3 is 14.7 Å². The molecule has 1 aromatic carbocycles. The number of ether oxygens (including phenoxy) is 1. The molecule has 1 amide bonds. The Morgan fingerprint density at radius 2 is 1.95 bits per heavy atom. The Morgan fingerprint density at radius 3 is 2.57 bits per heavy atom. The zero-order chi connectivity index (χ0) is 15.4. The van der Waals surface area contributed by atoms with E-state index in [1.165, 1.54) is 0 Å². The minimum atomic E-state index is -0.786. The lowest BCUT2D eigenvalue weighted by atomic mass is 9.83. The summed E-state index contributed by atoms with van der Waals surface area (Å²) in [5.41, 5.74) is 0.937. The first-order chi connectivity index (χ1) is 9.99. The zero-order valence-electron chi connectivity index (χ0n) is 12.4. The monoisotopic (exact) mass is 291 g/mol. The van der Waals surface area contributed by atoms with Crippen LogP contribution in [-0.2, 0) is 16.1 Å². The third-order valence-electron chi connectivity index (χ3n) is 4.06. The van der Waals surface area contributed by atoms with Crippen LogP contribution in [-0.4, -0.2) is 34.7 Å². The van der Waals surface area contributed by atoms with E-state index in [4.69, 9.17) is 9.84 Å². The number of likely N-dealkylation sites (tertiary alicyclic amines) is 1. The van der Waals surface area contributed by atoms with Crippen molar-refractivity contribution in [2.75, 3.05) is 6.54 Å². The number of amides is 1. The fourth-order valence-electron chi connectivity index (χ4n) is 2.75. The Balaban J connectivity index is 1.92. The van der Waals surface area contributed by atoms with Crippen molar-refractivity contribution in [2.24, 2.45) is 11.8 Å². The van der Waals surface area contributed by atoms with E-state index >= 15 is 0 Å². The first kappa shape index (κ1) is 15.4. The third kappa shape index (κ3) is 3.74. The predicted octanol–water partition coefficient (Wildman–Crippen LogP) is 2.75. The minimum Gasteiger partial charge on any atom is -0.481 e. The van der Waals surface area contributed by atoms with Gasteiger partial charge in [-0.05, 0) is 24.8 Å². The fourth-order valence-corrected chi connectivity index (χ4v) is 2.75. The van der Waals surface area contributed by atoms with Gasteiger partial charge in [-0.25, -0.2) is 4.79 Å². The Kier molecular flexibility index (Phi) is 4.83. The molecule has 0 saturated carbocycles. The summed E-state index contributed by atoms with van der Waals surface area (Å²) in [5, 5.41) is 9.17. The van der Waals surface area contributed by atoms with Crippen LogP contribution in [0.4, 0.5) is 4.79 Å². The van der Waals surface area contributed by atoms with Crippen LogP contribution < -0.4 is 0 Å². The van der Waals surface area contributed by atoms with Crippen LogP contribution >= 0.6 is 0 Å². The van der Waals surface area contributed by atoms with Crippen molar-refractivity contribution in [3.8, 4) is 0 Å². The van der Waals surface area contributed by atoms with Crippen molar-refractivity contribution in [1.29, 1.82) is 0 Å². The number of piperidine rings is 1. The molecule has 0 bridgehead atoms. The molecule has 1 heterocycles. The van der Waals surface area contributed by atoms with Gasteiger partial charge >= 0.3 is 12.1 Å². The molecule has 0 aromatic heterocycles. The zero-order valence-corrected chi connectivity index (χ0v) is 12.4. The number of hydrogen-bond acceptors (Lipinski definition) is 3. The van der Waals surface area contributed by atoms with Crippen molar-refractivity contribution in [3.05, 3.63) is 35.9 Å². The second-order valence-electron chi connectivity index (χ2n) is 5.70. The number of rotatable bonds is 3. The highest BCUT2D eigenvalue weighted by atomic mass is 16.6. The molecule has 1 aliphatic rings. The number of aliphatic carboxylic acids is 1. The minimum absolute atomic E-state index is 0.0667. The fraction of sp³-hybridized carbons (Fsp3) is 0.500. The summed E-state index contributed by atoms with van der Waals surface area (Å²) >= 11 is 0. The molecule has 5 heteroatoms. The van der Waals surface area contributed by atoms with Gasteiger partial charge in [0.2, 0.25) is 0 Å². The molecule has 114 valence electrons. The number of benzene rings is 1. The van der Waals surface area contributed by atoms with E-state index in [9.17, 15) is 9.59 Å². The number of carbonyl (C=O) groups is 2. The van der Waals surface area contributed by atoms with Gasteiger partial charge in [0, 0.05) is 12.6 Å². The Hall–Kier alpha value is -2.04. The van der Waals surface area contributed by atoms with E-state index in [-0.39, 0.29) is 24.7 Å². The molecule has 1 N–H and O–H groups in total. The molecule has 3 atom stereocenters. The third-order valence-corrected chi connectivity index (χ3v) is 4.06. The van der Waals surface area contributed by atoms with Crippen molar-refractivity contribution in [2.45, 2.75) is 32.9 Å². The summed E-state index contributed by atoms with van der Waals surface area (Å²) < 4.78 is 5.32. The van der Waals surface area contributed by atoms with Gasteiger partial charge in [-0.1, -0.05) is 37.3 Å². The van der Waals surface area contributed by atoms with E-state index in [1.54, 1.807) is 4.90 Å². The Morgan fingerprint density at radius 1 is 1.29 bits per heavy atom. The topological polar surface area (TPSA) is 66.8 Å². The average Bonchev–Trinajstić information content (AvgIpc) is 2.47. The van der Waals surface area contributed by atoms with Crippen molar-refractivity contribution < 1.29 is 19.4 Å². The maximum atomic E-state index is 12.2. The van der Waals surface area contributed by atoms with Gasteiger partial charge in [0.25, 0.3) is 0 Å². The van der Waals surface area contributed by atoms with Crippen molar-refractivity contribution >= 4 is 12.1 Å². The lowest BCUT2D eigenvalue weighted by molar-refractivity contribution is -0.146. The van der Waals surface area contributed by atoms with Gasteiger partial charge in [-0.2, -0.15) is 0 Å². The van der Waals surface area contributed by atoms with Crippen molar-refractivity contribution in [3.63, 3.8) is 0 Å². The summed E-state index contributed by atoms with van der Waals surface area (Å²) in [6.07, 6.45) is 0.0961. The Labute approximate surface area is 124 Å². The maximum absolute atomic E-state index is 12.2. The van der Waals surface area contributed by atoms with E-state index < -0.39 is 11.9 Å². The van der Waals surface area contributed by atoms with Crippen LogP contribution in [0.5, 0.6) is 0 Å². The number of carboxylic acid groups (broad SMARTS) is 1. The van der Waals surface area contributed by atoms with Gasteiger partial charge in [-0.3, -0.25) is 4.79 Å². The lowest BCUT2D eigenvalue weighted by Crippen LogP contribution is -2.50. The van der Waals surface area contributed by atoms with Gasteiger partial charge in [0.15, 0.2) is 0 Å². The molecule has 0 spiro atoms. The van der Waals surface area contributed by atoms with E-state index in [2.05, 4.69) is 0 Å². The van der Waals surface area contributed by atoms with Gasteiger partial charge in [0.1, 0.15) is 6.61 Å². The molecule has 0 unspecified atom stereocenters. The van der Waals surface area contributed by atoms with Crippen LogP contribution in [0, 0.1) is 11.8 Å². The molecule has 1 fully saturated rings. The first-order valence-electron chi connectivity index (χ1n) is 7.19. The van der Waals surface area contributed by atoms with Crippen LogP contribution in [0.2, 0.25) is 0 Å². The Bertz CT molecular complexity index is 502. The largest absolute Gasteiger partial charge is 0.481 e. The SMILES string of the molecule is C[C@H]1CN(C(=O)OCc2ccccc2)[C@@H](C)C[C@H]1C(=O)O. The molecule has 0 aliphatic carbocycles. The van der Waals surface area contributed by atoms with Crippen LogP contribution in [0.25, 0.3) is 0 Å². The summed E-state index contributed by atoms with van der Waals surface area (Å²) in [7, 11) is 0. The highest BCUT2D eigenvalue weighted by Crippen LogP contribution is 2.28. The van der Waals surface area contributed by atoms with Crippen molar-refractivity contribution in [1.82, 2.24) is 4.90 Å². The molecular weight excluding hydrogens is 270 g/mol. The standard InChI is InChI=1S/C16H21NO4/c1-11-9-17(12(2)8-14(11)15(18)19)16(20)21-10-13-6-4-3-5-7-13/h3-7,11-12,14H,8-10H2,1-2H3,(H,18,19)/t11-,12-,14+/m0/s1. The predicted molar refractivity (Wildman–Crippen MR) is 77.7 cm³/mol. The summed E-state index contributed by atoms with van der Waals surface area (Å²) in [4.78, 5) is 25.0. The quantitative estimate of drug-likeness (QED) is 0.930. The molecule has 2 rings (SSSR count). The van der Waals surface area contributed by atoms with E-state index in [0.717, 1.165) is 5.56 Å². The highest BCUT2D eigenvalue weighted by Gasteiger charge is 2.37. The summed E-state index contributed by atoms with van der Waals surface area (Å²) in [5.74, 6) is -1.24. The number of carboxylic acids is 1. The first-order valence-corrected chi connectivity index (χ1v) is 7.19. The molecule has 1 saturated heterocycles. The number of nitrogens with zero attached hydrogens (tertiary/aromatic N) is 1. The van der Waals surface area contributed by atoms with Crippen LogP contribution in [0.1, 0.15) is 25.8 Å². The summed E-state index contributed by atoms with van der Waals surface area (Å²) in [6, 6.07) is 9.38. The second-order valence-corrected chi connectivity index (χ2v) is 5.70. The summed E-state index contributed by atoms with van der Waals surface area (Å²) in [6.45, 7) is 4.39. The molecule has 5 nitrogen and oxygen atoms in total. The molecule has 0 radical (unpaired) electrons. The molecule has 1 aliphatic heterocycles. The van der Waals surface area contributed by atoms with E-state index in [1.807, 2.05) is 44.2 Å². The number of hydrogen-bond donors (Lipinski definition) is 1. The normalized spacial score (nSPS) is 25.4. The maximum Gasteiger partial charge on any atom is 0.410 e. The molecule has 1 aromatic rings. The van der Waals surface area contributed by atoms with Crippen LogP contribution in [0.15, 0.2) is 30.3 Å². The second kappa shape index (κ2) is 6.61. The smallest absolute Gasteiger partial charge is 0.410 e. The van der Waals surface area contributed by atoms with Gasteiger partial charge in [0.05, 0.1) is 5.92 Å². The highest BCUT2D eigenvalue weighted by molar-refractivity contribution is 5.72. The van der Waals surface area contributed by atoms with Gasteiger partial charge in [-0.15, -0.1) is 0 Å².